The predicted molar refractivity (Wildman–Crippen MR) is 43.0 cm³/mol. The summed E-state index contributed by atoms with van der Waals surface area (Å²) in [6, 6.07) is 0. The van der Waals surface area contributed by atoms with Gasteiger partial charge in [0.1, 0.15) is 0 Å². The van der Waals surface area contributed by atoms with E-state index in [0.29, 0.717) is 12.2 Å². The fourth-order valence-corrected chi connectivity index (χ4v) is 3.15. The van der Waals surface area contributed by atoms with Crippen LogP contribution in [0.1, 0.15) is 6.42 Å². The van der Waals surface area contributed by atoms with Gasteiger partial charge in [0.15, 0.2) is 5.44 Å². The molecule has 1 saturated heterocycles. The summed E-state index contributed by atoms with van der Waals surface area (Å²) in [5.74, 6) is 1.17. The Morgan fingerprint density at radius 3 is 2.55 bits per heavy atom. The topological polar surface area (TPSA) is 74.6 Å². The van der Waals surface area contributed by atoms with Crippen molar-refractivity contribution in [2.45, 2.75) is 11.9 Å². The van der Waals surface area contributed by atoms with Crippen molar-refractivity contribution in [3.8, 4) is 0 Å². The highest BCUT2D eigenvalue weighted by atomic mass is 32.2. The van der Waals surface area contributed by atoms with E-state index in [-0.39, 0.29) is 5.92 Å². The fraction of sp³-hybridized carbons (Fsp3) is 1.00. The number of thioether (sulfide) groups is 1. The molecule has 6 heteroatoms. The molecule has 1 rings (SSSR count). The van der Waals surface area contributed by atoms with Crippen LogP contribution in [0.5, 0.6) is 0 Å². The highest BCUT2D eigenvalue weighted by Crippen LogP contribution is 2.27. The Kier molecular flexibility index (Phi) is 2.79. The fourth-order valence-electron chi connectivity index (χ4n) is 1.02. The molecule has 0 bridgehead atoms. The zero-order valence-corrected chi connectivity index (χ0v) is 7.44. The minimum atomic E-state index is -4.24. The minimum absolute atomic E-state index is 0.296. The molecule has 2 N–H and O–H groups in total. The Morgan fingerprint density at radius 2 is 2.18 bits per heavy atom. The summed E-state index contributed by atoms with van der Waals surface area (Å²) in [7, 11) is -4.24. The molecule has 4 nitrogen and oxygen atoms in total. The Bertz CT molecular complexity index is 217. The van der Waals surface area contributed by atoms with Crippen molar-refractivity contribution >= 4 is 21.9 Å². The van der Waals surface area contributed by atoms with Crippen LogP contribution in [0.2, 0.25) is 0 Å². The first kappa shape index (κ1) is 9.31. The minimum Gasteiger partial charge on any atom is -0.375 e. The van der Waals surface area contributed by atoms with Crippen molar-refractivity contribution in [2.24, 2.45) is 5.92 Å². The average Bonchev–Trinajstić information content (AvgIpc) is 2.34. The first-order valence-electron chi connectivity index (χ1n) is 3.24. The van der Waals surface area contributed by atoms with E-state index in [1.54, 1.807) is 11.8 Å². The molecule has 0 spiro atoms. The van der Waals surface area contributed by atoms with Gasteiger partial charge in [0.25, 0.3) is 10.1 Å². The lowest BCUT2D eigenvalue weighted by atomic mass is 10.1. The molecule has 11 heavy (non-hydrogen) atoms. The Hall–Kier alpha value is 0.220. The quantitative estimate of drug-likeness (QED) is 0.608. The number of rotatable bonds is 2. The van der Waals surface area contributed by atoms with Crippen molar-refractivity contribution in [1.29, 1.82) is 0 Å². The van der Waals surface area contributed by atoms with Gasteiger partial charge in [-0.05, 0) is 17.9 Å². The third-order valence-electron chi connectivity index (χ3n) is 1.67. The molecule has 2 unspecified atom stereocenters. The number of hydrogen-bond acceptors (Lipinski definition) is 4. The molecular weight excluding hydrogens is 188 g/mol. The molecule has 1 fully saturated rings. The monoisotopic (exact) mass is 198 g/mol. The SMILES string of the molecule is O=S(=O)(O)C(O)C1CCSC1. The van der Waals surface area contributed by atoms with Gasteiger partial charge >= 0.3 is 0 Å². The summed E-state index contributed by atoms with van der Waals surface area (Å²) in [4.78, 5) is 0. The maximum Gasteiger partial charge on any atom is 0.292 e. The van der Waals surface area contributed by atoms with Gasteiger partial charge in [0.2, 0.25) is 0 Å². The summed E-state index contributed by atoms with van der Waals surface area (Å²) in [5, 5.41) is 9.03. The molecule has 0 radical (unpaired) electrons. The van der Waals surface area contributed by atoms with Crippen LogP contribution in [0.3, 0.4) is 0 Å². The van der Waals surface area contributed by atoms with E-state index in [2.05, 4.69) is 0 Å². The van der Waals surface area contributed by atoms with Crippen LogP contribution in [-0.4, -0.2) is 35.0 Å². The molecule has 1 heterocycles. The van der Waals surface area contributed by atoms with E-state index in [4.69, 9.17) is 9.66 Å². The third kappa shape index (κ3) is 2.33. The molecule has 0 aliphatic carbocycles. The highest BCUT2D eigenvalue weighted by molar-refractivity contribution is 7.99. The molecular formula is C5H10O4S2. The molecule has 0 aromatic rings. The number of aliphatic hydroxyl groups is 1. The Labute approximate surface area is 69.7 Å². The lowest BCUT2D eigenvalue weighted by Gasteiger charge is -2.12. The van der Waals surface area contributed by atoms with Gasteiger partial charge in [-0.2, -0.15) is 20.2 Å². The summed E-state index contributed by atoms with van der Waals surface area (Å²) in [6.45, 7) is 0. The number of aliphatic hydroxyl groups excluding tert-OH is 1. The highest BCUT2D eigenvalue weighted by Gasteiger charge is 2.32. The van der Waals surface area contributed by atoms with Gasteiger partial charge in [-0.25, -0.2) is 0 Å². The van der Waals surface area contributed by atoms with Crippen LogP contribution >= 0.6 is 11.8 Å². The van der Waals surface area contributed by atoms with E-state index < -0.39 is 15.6 Å². The van der Waals surface area contributed by atoms with Crippen LogP contribution in [0, 0.1) is 5.92 Å². The zero-order chi connectivity index (χ0) is 8.48. The molecule has 0 amide bonds. The van der Waals surface area contributed by atoms with Crippen LogP contribution in [0.25, 0.3) is 0 Å². The van der Waals surface area contributed by atoms with E-state index in [9.17, 15) is 8.42 Å². The molecule has 66 valence electrons. The van der Waals surface area contributed by atoms with Crippen LogP contribution in [0.4, 0.5) is 0 Å². The van der Waals surface area contributed by atoms with Crippen molar-refractivity contribution in [1.82, 2.24) is 0 Å². The molecule has 2 atom stereocenters. The van der Waals surface area contributed by atoms with Gasteiger partial charge in [0.05, 0.1) is 0 Å². The smallest absolute Gasteiger partial charge is 0.292 e. The van der Waals surface area contributed by atoms with Crippen molar-refractivity contribution in [3.63, 3.8) is 0 Å². The van der Waals surface area contributed by atoms with Gasteiger partial charge in [-0.3, -0.25) is 4.55 Å². The zero-order valence-electron chi connectivity index (χ0n) is 5.80. The van der Waals surface area contributed by atoms with E-state index in [0.717, 1.165) is 5.75 Å². The van der Waals surface area contributed by atoms with E-state index >= 15 is 0 Å². The van der Waals surface area contributed by atoms with Crippen LogP contribution < -0.4 is 0 Å². The van der Waals surface area contributed by atoms with Gasteiger partial charge in [-0.1, -0.05) is 0 Å². The average molecular weight is 198 g/mol. The Morgan fingerprint density at radius 1 is 1.55 bits per heavy atom. The third-order valence-corrected chi connectivity index (χ3v) is 3.86. The van der Waals surface area contributed by atoms with Gasteiger partial charge in [0, 0.05) is 5.92 Å². The molecule has 1 aliphatic heterocycles. The molecule has 0 saturated carbocycles. The summed E-state index contributed by atoms with van der Waals surface area (Å²) >= 11 is 1.59. The van der Waals surface area contributed by atoms with Crippen molar-refractivity contribution < 1.29 is 18.1 Å². The first-order valence-corrected chi connectivity index (χ1v) is 5.89. The molecule has 1 aliphatic rings. The maximum absolute atomic E-state index is 10.4. The lowest BCUT2D eigenvalue weighted by Crippen LogP contribution is -2.28. The second-order valence-electron chi connectivity index (χ2n) is 2.53. The van der Waals surface area contributed by atoms with Crippen LogP contribution in [0.15, 0.2) is 0 Å². The van der Waals surface area contributed by atoms with E-state index in [1.165, 1.54) is 0 Å². The standard InChI is InChI=1S/C5H10O4S2/c6-5(11(7,8)9)4-1-2-10-3-4/h4-6H,1-3H2,(H,7,8,9). The number of hydrogen-bond donors (Lipinski definition) is 2. The largest absolute Gasteiger partial charge is 0.375 e. The van der Waals surface area contributed by atoms with Gasteiger partial charge < -0.3 is 5.11 Å². The van der Waals surface area contributed by atoms with Crippen molar-refractivity contribution in [3.05, 3.63) is 0 Å². The maximum atomic E-state index is 10.4. The second-order valence-corrected chi connectivity index (χ2v) is 5.19. The van der Waals surface area contributed by atoms with Gasteiger partial charge in [-0.15, -0.1) is 0 Å². The lowest BCUT2D eigenvalue weighted by molar-refractivity contribution is 0.180. The molecule has 0 aromatic carbocycles. The normalized spacial score (nSPS) is 28.7. The summed E-state index contributed by atoms with van der Waals surface area (Å²) < 4.78 is 29.3. The Balaban J connectivity index is 2.60. The van der Waals surface area contributed by atoms with Crippen LogP contribution in [-0.2, 0) is 10.1 Å². The van der Waals surface area contributed by atoms with Crippen molar-refractivity contribution in [2.75, 3.05) is 11.5 Å². The summed E-state index contributed by atoms with van der Waals surface area (Å²) in [6.07, 6.45) is 0.658. The van der Waals surface area contributed by atoms with E-state index in [1.807, 2.05) is 0 Å². The summed E-state index contributed by atoms with van der Waals surface area (Å²) in [5.41, 5.74) is -1.59. The first-order chi connectivity index (χ1) is 5.02. The predicted octanol–water partition coefficient (Wildman–Crippen LogP) is -0.0543. The second kappa shape index (κ2) is 3.30. The molecule has 0 aromatic heterocycles.